The lowest BCUT2D eigenvalue weighted by Crippen LogP contribution is -2.14. The molecule has 3 nitrogen and oxygen atoms in total. The molecule has 0 unspecified atom stereocenters. The highest BCUT2D eigenvalue weighted by Gasteiger charge is 2.27. The van der Waals surface area contributed by atoms with Gasteiger partial charge in [-0.3, -0.25) is 5.10 Å². The third-order valence-corrected chi connectivity index (χ3v) is 3.22. The van der Waals surface area contributed by atoms with Gasteiger partial charge in [-0.05, 0) is 12.8 Å². The van der Waals surface area contributed by atoms with Crippen LogP contribution in [0.15, 0.2) is 0 Å². The molecule has 0 bridgehead atoms. The molecule has 1 saturated carbocycles. The highest BCUT2D eigenvalue weighted by molar-refractivity contribution is 5.29. The van der Waals surface area contributed by atoms with Crippen molar-refractivity contribution in [3.63, 3.8) is 0 Å². The molecule has 0 spiro atoms. The quantitative estimate of drug-likeness (QED) is 0.711. The van der Waals surface area contributed by atoms with Gasteiger partial charge in [-0.15, -0.1) is 0 Å². The number of ether oxygens (including phenoxy) is 1. The van der Waals surface area contributed by atoms with Crippen LogP contribution < -0.4 is 0 Å². The minimum atomic E-state index is 0.724. The van der Waals surface area contributed by atoms with Crippen molar-refractivity contribution in [3.05, 3.63) is 17.0 Å². The fourth-order valence-corrected chi connectivity index (χ4v) is 2.15. The monoisotopic (exact) mass is 178 g/mol. The van der Waals surface area contributed by atoms with E-state index >= 15 is 0 Å². The molecule has 0 aromatic carbocycles. The van der Waals surface area contributed by atoms with Gasteiger partial charge < -0.3 is 4.74 Å². The largest absolute Gasteiger partial charge is 0.376 e. The summed E-state index contributed by atoms with van der Waals surface area (Å²) in [4.78, 5) is 0. The Morgan fingerprint density at radius 2 is 2.31 bits per heavy atom. The van der Waals surface area contributed by atoms with Gasteiger partial charge in [-0.25, -0.2) is 0 Å². The number of nitrogens with one attached hydrogen (secondary N) is 1. The zero-order valence-electron chi connectivity index (χ0n) is 7.68. The van der Waals surface area contributed by atoms with Crippen LogP contribution in [-0.2, 0) is 17.8 Å². The molecule has 1 aliphatic heterocycles. The number of fused-ring (bicyclic) bond motifs is 1. The molecule has 2 aliphatic rings. The summed E-state index contributed by atoms with van der Waals surface area (Å²) in [6.07, 6.45) is 5.01. The summed E-state index contributed by atoms with van der Waals surface area (Å²) < 4.78 is 5.45. The summed E-state index contributed by atoms with van der Waals surface area (Å²) in [7, 11) is 0. The van der Waals surface area contributed by atoms with Gasteiger partial charge in [0, 0.05) is 23.6 Å². The lowest BCUT2D eigenvalue weighted by molar-refractivity contribution is 0.109. The van der Waals surface area contributed by atoms with Gasteiger partial charge in [0.25, 0.3) is 0 Å². The van der Waals surface area contributed by atoms with Crippen LogP contribution in [-0.4, -0.2) is 16.8 Å². The van der Waals surface area contributed by atoms with E-state index in [4.69, 9.17) is 4.74 Å². The van der Waals surface area contributed by atoms with Crippen LogP contribution in [0.25, 0.3) is 0 Å². The second-order valence-electron chi connectivity index (χ2n) is 4.00. The summed E-state index contributed by atoms with van der Waals surface area (Å²) in [6.45, 7) is 1.62. The predicted octanol–water partition coefficient (Wildman–Crippen LogP) is 1.75. The van der Waals surface area contributed by atoms with Crippen molar-refractivity contribution >= 4 is 0 Å². The van der Waals surface area contributed by atoms with E-state index in [9.17, 15) is 0 Å². The Morgan fingerprint density at radius 1 is 1.38 bits per heavy atom. The summed E-state index contributed by atoms with van der Waals surface area (Å²) >= 11 is 0. The maximum atomic E-state index is 5.45. The van der Waals surface area contributed by atoms with Crippen molar-refractivity contribution in [3.8, 4) is 0 Å². The lowest BCUT2D eigenvalue weighted by atomic mass is 9.81. The average molecular weight is 178 g/mol. The van der Waals surface area contributed by atoms with Gasteiger partial charge in [-0.2, -0.15) is 5.10 Å². The molecule has 1 N–H and O–H groups in total. The van der Waals surface area contributed by atoms with E-state index in [-0.39, 0.29) is 0 Å². The van der Waals surface area contributed by atoms with E-state index in [0.29, 0.717) is 0 Å². The Morgan fingerprint density at radius 3 is 3.08 bits per heavy atom. The molecule has 3 rings (SSSR count). The molecule has 3 heteroatoms. The normalized spacial score (nSPS) is 22.5. The van der Waals surface area contributed by atoms with Crippen LogP contribution >= 0.6 is 0 Å². The molecule has 1 fully saturated rings. The zero-order chi connectivity index (χ0) is 8.67. The van der Waals surface area contributed by atoms with E-state index in [1.54, 1.807) is 0 Å². The maximum absolute atomic E-state index is 5.45. The maximum Gasteiger partial charge on any atom is 0.0753 e. The molecule has 0 saturated heterocycles. The number of nitrogens with zero attached hydrogens (tertiary/aromatic N) is 1. The topological polar surface area (TPSA) is 37.9 Å². The molecular weight excluding hydrogens is 164 g/mol. The van der Waals surface area contributed by atoms with E-state index < -0.39 is 0 Å². The van der Waals surface area contributed by atoms with Crippen molar-refractivity contribution in [1.82, 2.24) is 10.2 Å². The number of hydrogen-bond acceptors (Lipinski definition) is 2. The summed E-state index contributed by atoms with van der Waals surface area (Å²) in [5.41, 5.74) is 3.96. The Kier molecular flexibility index (Phi) is 1.65. The third-order valence-electron chi connectivity index (χ3n) is 3.22. The first-order valence-corrected chi connectivity index (χ1v) is 5.09. The van der Waals surface area contributed by atoms with Crippen LogP contribution in [0.4, 0.5) is 0 Å². The molecule has 2 heterocycles. The first-order valence-electron chi connectivity index (χ1n) is 5.09. The van der Waals surface area contributed by atoms with Crippen molar-refractivity contribution in [2.24, 2.45) is 0 Å². The Hall–Kier alpha value is -0.830. The lowest BCUT2D eigenvalue weighted by Gasteiger charge is -2.25. The zero-order valence-corrected chi connectivity index (χ0v) is 7.68. The molecule has 0 atom stereocenters. The summed E-state index contributed by atoms with van der Waals surface area (Å²) in [6, 6.07) is 0. The van der Waals surface area contributed by atoms with Crippen molar-refractivity contribution in [1.29, 1.82) is 0 Å². The first-order chi connectivity index (χ1) is 6.45. The first kappa shape index (κ1) is 7.56. The third kappa shape index (κ3) is 1.10. The Balaban J connectivity index is 1.95. The van der Waals surface area contributed by atoms with Crippen molar-refractivity contribution in [2.45, 2.75) is 38.2 Å². The molecular formula is C10H14N2O. The minimum absolute atomic E-state index is 0.724. The molecule has 1 aromatic rings. The molecule has 1 aromatic heterocycles. The smallest absolute Gasteiger partial charge is 0.0753 e. The number of aromatic nitrogens is 2. The van der Waals surface area contributed by atoms with Crippen LogP contribution in [0.2, 0.25) is 0 Å². The molecule has 13 heavy (non-hydrogen) atoms. The van der Waals surface area contributed by atoms with E-state index in [1.165, 1.54) is 36.2 Å². The van der Waals surface area contributed by atoms with Crippen LogP contribution in [0, 0.1) is 0 Å². The molecule has 70 valence electrons. The molecule has 0 radical (unpaired) electrons. The highest BCUT2D eigenvalue weighted by Crippen LogP contribution is 2.38. The molecule has 1 aliphatic carbocycles. The van der Waals surface area contributed by atoms with Crippen LogP contribution in [0.5, 0.6) is 0 Å². The highest BCUT2D eigenvalue weighted by atomic mass is 16.5. The van der Waals surface area contributed by atoms with Crippen LogP contribution in [0.3, 0.4) is 0 Å². The number of hydrogen-bond donors (Lipinski definition) is 1. The van der Waals surface area contributed by atoms with E-state index in [2.05, 4.69) is 10.2 Å². The fraction of sp³-hybridized carbons (Fsp3) is 0.700. The number of aromatic amines is 1. The van der Waals surface area contributed by atoms with Gasteiger partial charge >= 0.3 is 0 Å². The Labute approximate surface area is 77.5 Å². The SMILES string of the molecule is C1CC(c2n[nH]c3c2COCC3)C1. The van der Waals surface area contributed by atoms with Gasteiger partial charge in [0.1, 0.15) is 0 Å². The number of H-pyrrole nitrogens is 1. The van der Waals surface area contributed by atoms with Gasteiger partial charge in [0.2, 0.25) is 0 Å². The summed E-state index contributed by atoms with van der Waals surface area (Å²) in [5, 5.41) is 7.56. The summed E-state index contributed by atoms with van der Waals surface area (Å²) in [5.74, 6) is 0.724. The minimum Gasteiger partial charge on any atom is -0.376 e. The number of rotatable bonds is 1. The van der Waals surface area contributed by atoms with E-state index in [1.807, 2.05) is 0 Å². The van der Waals surface area contributed by atoms with E-state index in [0.717, 1.165) is 25.6 Å². The van der Waals surface area contributed by atoms with Crippen molar-refractivity contribution in [2.75, 3.05) is 6.61 Å². The average Bonchev–Trinajstić information content (AvgIpc) is 2.47. The standard InChI is InChI=1S/C10H14N2O/c1-2-7(3-1)10-8-6-13-5-4-9(8)11-12-10/h7H,1-6H2,(H,11,12). The second-order valence-corrected chi connectivity index (χ2v) is 4.00. The second kappa shape index (κ2) is 2.84. The Bertz CT molecular complexity index is 315. The fourth-order valence-electron chi connectivity index (χ4n) is 2.15. The van der Waals surface area contributed by atoms with Crippen LogP contribution in [0.1, 0.15) is 42.1 Å². The van der Waals surface area contributed by atoms with Gasteiger partial charge in [0.15, 0.2) is 0 Å². The predicted molar refractivity (Wildman–Crippen MR) is 48.5 cm³/mol. The van der Waals surface area contributed by atoms with Crippen molar-refractivity contribution < 1.29 is 4.74 Å². The molecule has 0 amide bonds. The van der Waals surface area contributed by atoms with Gasteiger partial charge in [-0.1, -0.05) is 6.42 Å². The van der Waals surface area contributed by atoms with Gasteiger partial charge in [0.05, 0.1) is 18.9 Å².